The molecule has 0 heterocycles. The molecule has 1 rings (SSSR count). The lowest BCUT2D eigenvalue weighted by atomic mass is 9.98. The number of ether oxygens (including phenoxy) is 1. The summed E-state index contributed by atoms with van der Waals surface area (Å²) in [7, 11) is 0. The third-order valence-corrected chi connectivity index (χ3v) is 3.27. The maximum Gasteiger partial charge on any atom is 0.310 e. The molecular weight excluding hydrogens is 268 g/mol. The molecule has 1 atom stereocenters. The molecule has 0 aliphatic heterocycles. The third kappa shape index (κ3) is 5.37. The van der Waals surface area contributed by atoms with Crippen LogP contribution in [0.5, 0.6) is 0 Å². The number of halogens is 1. The van der Waals surface area contributed by atoms with Crippen LogP contribution in [-0.2, 0) is 14.3 Å². The van der Waals surface area contributed by atoms with Crippen LogP contribution in [0.15, 0.2) is 0 Å². The Morgan fingerprint density at radius 2 is 1.79 bits per heavy atom. The molecule has 0 aromatic rings. The van der Waals surface area contributed by atoms with Crippen LogP contribution >= 0.6 is 12.4 Å². The first-order valence-electron chi connectivity index (χ1n) is 6.63. The van der Waals surface area contributed by atoms with Crippen LogP contribution in [0, 0.1) is 5.92 Å². The molecule has 1 aliphatic rings. The second-order valence-corrected chi connectivity index (χ2v) is 5.46. The van der Waals surface area contributed by atoms with Crippen LogP contribution in [-0.4, -0.2) is 30.1 Å². The van der Waals surface area contributed by atoms with Gasteiger partial charge >= 0.3 is 5.97 Å². The van der Waals surface area contributed by atoms with Gasteiger partial charge in [-0.3, -0.25) is 9.59 Å². The minimum atomic E-state index is -0.734. The van der Waals surface area contributed by atoms with Crippen molar-refractivity contribution in [3.63, 3.8) is 0 Å². The average Bonchev–Trinajstić information content (AvgIpc) is 2.72. The summed E-state index contributed by atoms with van der Waals surface area (Å²) in [6.45, 7) is 5.62. The van der Waals surface area contributed by atoms with Crippen LogP contribution in [0.3, 0.4) is 0 Å². The summed E-state index contributed by atoms with van der Waals surface area (Å²) in [5.41, 5.74) is 5.28. The van der Waals surface area contributed by atoms with E-state index in [9.17, 15) is 9.59 Å². The topological polar surface area (TPSA) is 81.4 Å². The van der Waals surface area contributed by atoms with E-state index < -0.39 is 5.54 Å². The minimum Gasteiger partial charge on any atom is -0.463 e. The summed E-state index contributed by atoms with van der Waals surface area (Å²) in [6, 6.07) is 0. The summed E-state index contributed by atoms with van der Waals surface area (Å²) in [4.78, 5) is 23.5. The molecule has 6 heteroatoms. The number of nitrogens with two attached hydrogens (primary N) is 1. The van der Waals surface area contributed by atoms with Gasteiger partial charge in [0.1, 0.15) is 0 Å². The van der Waals surface area contributed by atoms with Gasteiger partial charge in [-0.1, -0.05) is 19.8 Å². The molecule has 1 unspecified atom stereocenters. The number of esters is 1. The van der Waals surface area contributed by atoms with Gasteiger partial charge in [0.15, 0.2) is 0 Å². The van der Waals surface area contributed by atoms with E-state index in [0.29, 0.717) is 0 Å². The van der Waals surface area contributed by atoms with Crippen LogP contribution < -0.4 is 11.1 Å². The van der Waals surface area contributed by atoms with Crippen molar-refractivity contribution in [1.82, 2.24) is 5.32 Å². The molecule has 0 bridgehead atoms. The maximum atomic E-state index is 11.9. The molecule has 5 nitrogen and oxygen atoms in total. The summed E-state index contributed by atoms with van der Waals surface area (Å²) in [6.07, 6.45) is 3.31. The van der Waals surface area contributed by atoms with Gasteiger partial charge in [-0.2, -0.15) is 0 Å². The molecule has 1 amide bonds. The Hall–Kier alpha value is -0.810. The standard InChI is InChI=1S/C13H24N2O3.ClH/c1-9(2)18-11(16)10(3)8-15-12(17)13(14)6-4-5-7-13;/h9-10H,4-8,14H2,1-3H3,(H,15,17);1H. The highest BCUT2D eigenvalue weighted by Gasteiger charge is 2.37. The van der Waals surface area contributed by atoms with E-state index in [1.54, 1.807) is 20.8 Å². The highest BCUT2D eigenvalue weighted by Crippen LogP contribution is 2.27. The fourth-order valence-corrected chi connectivity index (χ4v) is 2.09. The Morgan fingerprint density at radius 3 is 2.26 bits per heavy atom. The van der Waals surface area contributed by atoms with Crippen molar-refractivity contribution < 1.29 is 14.3 Å². The lowest BCUT2D eigenvalue weighted by Crippen LogP contribution is -2.53. The molecule has 1 aliphatic carbocycles. The fourth-order valence-electron chi connectivity index (χ4n) is 2.09. The predicted octanol–water partition coefficient (Wildman–Crippen LogP) is 1.38. The number of amides is 1. The van der Waals surface area contributed by atoms with Crippen molar-refractivity contribution in [2.75, 3.05) is 6.54 Å². The van der Waals surface area contributed by atoms with E-state index in [1.807, 2.05) is 0 Å². The monoisotopic (exact) mass is 292 g/mol. The maximum absolute atomic E-state index is 11.9. The number of carbonyl (C=O) groups is 2. The Labute approximate surface area is 121 Å². The van der Waals surface area contributed by atoms with Crippen molar-refractivity contribution in [2.45, 2.75) is 58.1 Å². The molecule has 112 valence electrons. The van der Waals surface area contributed by atoms with Gasteiger partial charge in [0.25, 0.3) is 0 Å². The SMILES string of the molecule is CC(C)OC(=O)C(C)CNC(=O)C1(N)CCCC1.Cl. The van der Waals surface area contributed by atoms with Crippen molar-refractivity contribution >= 4 is 24.3 Å². The van der Waals surface area contributed by atoms with Gasteiger partial charge in [0, 0.05) is 6.54 Å². The Kier molecular flexibility index (Phi) is 7.37. The zero-order chi connectivity index (χ0) is 13.8. The lowest BCUT2D eigenvalue weighted by molar-refractivity contribution is -0.151. The first-order valence-corrected chi connectivity index (χ1v) is 6.63. The smallest absolute Gasteiger partial charge is 0.310 e. The predicted molar refractivity (Wildman–Crippen MR) is 76.0 cm³/mol. The van der Waals surface area contributed by atoms with Crippen molar-refractivity contribution in [1.29, 1.82) is 0 Å². The molecule has 0 aromatic heterocycles. The number of hydrogen-bond acceptors (Lipinski definition) is 4. The van der Waals surface area contributed by atoms with E-state index >= 15 is 0 Å². The zero-order valence-corrected chi connectivity index (χ0v) is 12.7. The van der Waals surface area contributed by atoms with Crippen LogP contribution in [0.25, 0.3) is 0 Å². The number of nitrogens with one attached hydrogen (secondary N) is 1. The summed E-state index contributed by atoms with van der Waals surface area (Å²) >= 11 is 0. The van der Waals surface area contributed by atoms with Gasteiger partial charge < -0.3 is 15.8 Å². The largest absolute Gasteiger partial charge is 0.463 e. The van der Waals surface area contributed by atoms with E-state index in [4.69, 9.17) is 10.5 Å². The molecular formula is C13H25ClN2O3. The summed E-state index contributed by atoms with van der Waals surface area (Å²) in [5.74, 6) is -0.784. The van der Waals surface area contributed by atoms with Crippen molar-refractivity contribution in [3.8, 4) is 0 Å². The van der Waals surface area contributed by atoms with Gasteiger partial charge in [-0.05, 0) is 26.7 Å². The molecule has 0 saturated heterocycles. The first-order chi connectivity index (χ1) is 8.35. The zero-order valence-electron chi connectivity index (χ0n) is 11.9. The van der Waals surface area contributed by atoms with E-state index in [0.717, 1.165) is 25.7 Å². The number of carbonyl (C=O) groups excluding carboxylic acids is 2. The van der Waals surface area contributed by atoms with Gasteiger partial charge in [0.05, 0.1) is 17.6 Å². The Bertz CT molecular complexity index is 315. The van der Waals surface area contributed by atoms with Gasteiger partial charge in [-0.15, -0.1) is 12.4 Å². The lowest BCUT2D eigenvalue weighted by Gasteiger charge is -2.23. The quantitative estimate of drug-likeness (QED) is 0.750. The van der Waals surface area contributed by atoms with Crippen LogP contribution in [0.4, 0.5) is 0 Å². The Balaban J connectivity index is 0.00000324. The first kappa shape index (κ1) is 18.2. The van der Waals surface area contributed by atoms with E-state index in [1.165, 1.54) is 0 Å². The summed E-state index contributed by atoms with van der Waals surface area (Å²) in [5, 5.41) is 2.75. The number of rotatable bonds is 5. The van der Waals surface area contributed by atoms with E-state index in [-0.39, 0.29) is 42.9 Å². The molecule has 3 N–H and O–H groups in total. The molecule has 0 spiro atoms. The third-order valence-electron chi connectivity index (χ3n) is 3.27. The van der Waals surface area contributed by atoms with Gasteiger partial charge in [0.2, 0.25) is 5.91 Å². The molecule has 1 fully saturated rings. The van der Waals surface area contributed by atoms with Gasteiger partial charge in [-0.25, -0.2) is 0 Å². The molecule has 0 radical (unpaired) electrons. The normalized spacial score (nSPS) is 18.6. The van der Waals surface area contributed by atoms with Crippen molar-refractivity contribution in [3.05, 3.63) is 0 Å². The highest BCUT2D eigenvalue weighted by molar-refractivity contribution is 5.86. The van der Waals surface area contributed by atoms with Crippen LogP contribution in [0.1, 0.15) is 46.5 Å². The fraction of sp³-hybridized carbons (Fsp3) is 0.846. The number of hydrogen-bond donors (Lipinski definition) is 2. The minimum absolute atomic E-state index is 0. The second-order valence-electron chi connectivity index (χ2n) is 5.46. The molecule has 0 aromatic carbocycles. The average molecular weight is 293 g/mol. The highest BCUT2D eigenvalue weighted by atomic mass is 35.5. The van der Waals surface area contributed by atoms with Crippen molar-refractivity contribution in [2.24, 2.45) is 11.7 Å². The van der Waals surface area contributed by atoms with E-state index in [2.05, 4.69) is 5.32 Å². The van der Waals surface area contributed by atoms with Crippen LogP contribution in [0.2, 0.25) is 0 Å². The second kappa shape index (κ2) is 7.70. The Morgan fingerprint density at radius 1 is 1.26 bits per heavy atom. The molecule has 19 heavy (non-hydrogen) atoms. The molecule has 1 saturated carbocycles. The summed E-state index contributed by atoms with van der Waals surface area (Å²) < 4.78 is 5.07.